The smallest absolute Gasteiger partial charge is 0.303 e. The van der Waals surface area contributed by atoms with E-state index >= 15 is 0 Å². The minimum atomic E-state index is -4.63. The van der Waals surface area contributed by atoms with Crippen LogP contribution in [0.5, 0.6) is 0 Å². The third kappa shape index (κ3) is 11.7. The van der Waals surface area contributed by atoms with Crippen LogP contribution >= 0.6 is 0 Å². The van der Waals surface area contributed by atoms with E-state index in [1.54, 1.807) is 19.2 Å². The van der Waals surface area contributed by atoms with Gasteiger partial charge in [-0.05, 0) is 75.1 Å². The summed E-state index contributed by atoms with van der Waals surface area (Å²) in [5, 5.41) is 9.14. The number of ether oxygens (including phenoxy) is 4. The number of likely N-dealkylation sites (N-methyl/N-ethyl adjacent to an activating group) is 1. The average Bonchev–Trinajstić information content (AvgIpc) is 3.51. The molecule has 0 saturated carbocycles. The number of allylic oxidation sites excluding steroid dienone is 6. The fourth-order valence-electron chi connectivity index (χ4n) is 7.39. The molecule has 2 aliphatic heterocycles. The molecule has 0 aromatic heterocycles. The molecule has 0 fully saturated rings. The molecule has 16 heteroatoms. The highest BCUT2D eigenvalue weighted by Crippen LogP contribution is 2.48. The molecule has 14 nitrogen and oxygen atoms in total. The first kappa shape index (κ1) is 46.0. The summed E-state index contributed by atoms with van der Waals surface area (Å²) in [6.45, 7) is 12.0. The molecule has 1 atom stereocenters. The zero-order chi connectivity index (χ0) is 41.9. The van der Waals surface area contributed by atoms with Crippen molar-refractivity contribution in [2.45, 2.75) is 80.4 Å². The largest absolute Gasteiger partial charge is 0.744 e. The molecule has 4 rings (SSSR count). The molecule has 0 saturated heterocycles. The van der Waals surface area contributed by atoms with E-state index in [-0.39, 0.29) is 16.2 Å². The average molecular weight is 833 g/mol. The Balaban J connectivity index is 1.62. The van der Waals surface area contributed by atoms with Crippen molar-refractivity contribution in [2.24, 2.45) is 0 Å². The van der Waals surface area contributed by atoms with E-state index in [2.05, 4.69) is 9.48 Å². The number of aliphatic carboxylic acids is 1. The summed E-state index contributed by atoms with van der Waals surface area (Å²) in [5.74, 6) is -0.850. The van der Waals surface area contributed by atoms with Crippen LogP contribution in [0, 0.1) is 0 Å². The van der Waals surface area contributed by atoms with Crippen LogP contribution in [-0.2, 0) is 54.8 Å². The van der Waals surface area contributed by atoms with E-state index in [4.69, 9.17) is 24.1 Å². The van der Waals surface area contributed by atoms with Crippen molar-refractivity contribution in [1.29, 1.82) is 0 Å². The number of unbranched alkanes of at least 4 members (excludes halogenated alkanes) is 2. The van der Waals surface area contributed by atoms with Crippen LogP contribution in [0.3, 0.4) is 0 Å². The number of hydrogen-bond donors (Lipinski definition) is 2. The molecule has 1 unspecified atom stereocenters. The number of hydrogen-bond acceptors (Lipinski definition) is 11. The number of rotatable bonds is 24. The summed E-state index contributed by atoms with van der Waals surface area (Å²) < 4.78 is 94.1. The molecule has 0 spiro atoms. The Kier molecular flexibility index (Phi) is 16.4. The van der Waals surface area contributed by atoms with Gasteiger partial charge in [0.2, 0.25) is 5.69 Å². The Bertz CT molecular complexity index is 2070. The van der Waals surface area contributed by atoms with Gasteiger partial charge in [-0.15, -0.1) is 0 Å². The fourth-order valence-corrected chi connectivity index (χ4v) is 8.39. The van der Waals surface area contributed by atoms with Gasteiger partial charge in [-0.2, -0.15) is 13.0 Å². The van der Waals surface area contributed by atoms with Gasteiger partial charge >= 0.3 is 5.97 Å². The van der Waals surface area contributed by atoms with Crippen LogP contribution < -0.4 is 4.90 Å². The van der Waals surface area contributed by atoms with Gasteiger partial charge in [0.05, 0.1) is 54.8 Å². The normalized spacial score (nSPS) is 18.7. The second kappa shape index (κ2) is 20.3. The van der Waals surface area contributed by atoms with Gasteiger partial charge < -0.3 is 33.5 Å². The fraction of sp³-hybridized carbons (Fsp3) is 0.512. The molecular weight excluding hydrogens is 777 g/mol. The predicted octanol–water partition coefficient (Wildman–Crippen LogP) is 5.74. The van der Waals surface area contributed by atoms with E-state index in [1.165, 1.54) is 24.3 Å². The molecule has 0 radical (unpaired) electrons. The van der Waals surface area contributed by atoms with Crippen LogP contribution in [0.4, 0.5) is 11.4 Å². The first-order chi connectivity index (χ1) is 27.0. The lowest BCUT2D eigenvalue weighted by Crippen LogP contribution is -2.33. The van der Waals surface area contributed by atoms with E-state index in [0.29, 0.717) is 90.6 Å². The van der Waals surface area contributed by atoms with Crippen LogP contribution in [-0.4, -0.2) is 114 Å². The zero-order valence-corrected chi connectivity index (χ0v) is 35.1. The monoisotopic (exact) mass is 832 g/mol. The van der Waals surface area contributed by atoms with Crippen LogP contribution in [0.15, 0.2) is 82.3 Å². The van der Waals surface area contributed by atoms with Gasteiger partial charge in [0.25, 0.3) is 10.1 Å². The number of fused-ring (bicyclic) bond motifs is 2. The first-order valence-electron chi connectivity index (χ1n) is 19.1. The van der Waals surface area contributed by atoms with Crippen molar-refractivity contribution >= 4 is 43.3 Å². The molecule has 2 N–H and O–H groups in total. The lowest BCUT2D eigenvalue weighted by atomic mass is 9.76. The highest BCUT2D eigenvalue weighted by molar-refractivity contribution is 7.86. The van der Waals surface area contributed by atoms with E-state index in [0.717, 1.165) is 28.3 Å². The molecule has 0 aliphatic carbocycles. The quantitative estimate of drug-likeness (QED) is 0.0564. The molecule has 2 aliphatic rings. The topological polar surface area (TPSA) is 192 Å². The van der Waals surface area contributed by atoms with Crippen molar-refractivity contribution in [3.8, 4) is 0 Å². The van der Waals surface area contributed by atoms with Crippen molar-refractivity contribution in [3.63, 3.8) is 0 Å². The number of methoxy groups -OCH3 is 1. The Morgan fingerprint density at radius 1 is 0.842 bits per heavy atom. The van der Waals surface area contributed by atoms with Gasteiger partial charge in [-0.3, -0.25) is 9.35 Å². The maximum Gasteiger partial charge on any atom is 0.303 e. The highest BCUT2D eigenvalue weighted by Gasteiger charge is 2.48. The predicted molar refractivity (Wildman–Crippen MR) is 215 cm³/mol. The SMILES string of the molecule is CCN1/C(=C/C=C/C=C/C2=[N+](CCCCCC(=O)O)c3ccc(S(=O)(=O)O)cc3C2(C)CCOCCOCCOCCOC)C(C)(C)c2cc(S(=O)(=O)[O-])ccc21. The maximum atomic E-state index is 12.3. The summed E-state index contributed by atoms with van der Waals surface area (Å²) in [7, 11) is -7.52. The molecule has 2 heterocycles. The molecular formula is C41H56N2O12S2. The molecule has 0 amide bonds. The lowest BCUT2D eigenvalue weighted by molar-refractivity contribution is -0.438. The van der Waals surface area contributed by atoms with E-state index in [1.807, 2.05) is 58.1 Å². The maximum absolute atomic E-state index is 12.3. The van der Waals surface area contributed by atoms with Gasteiger partial charge in [0.1, 0.15) is 16.7 Å². The van der Waals surface area contributed by atoms with Gasteiger partial charge in [0, 0.05) is 67.6 Å². The highest BCUT2D eigenvalue weighted by atomic mass is 32.2. The lowest BCUT2D eigenvalue weighted by Gasteiger charge is -2.25. The number of carboxylic acids is 1. The van der Waals surface area contributed by atoms with Gasteiger partial charge in [0.15, 0.2) is 5.71 Å². The molecule has 2 aromatic carbocycles. The summed E-state index contributed by atoms with van der Waals surface area (Å²) >= 11 is 0. The van der Waals surface area contributed by atoms with Crippen molar-refractivity contribution in [1.82, 2.24) is 0 Å². The van der Waals surface area contributed by atoms with Crippen LogP contribution in [0.25, 0.3) is 0 Å². The number of carbonyl (C=O) groups is 1. The van der Waals surface area contributed by atoms with Gasteiger partial charge in [-0.25, -0.2) is 8.42 Å². The summed E-state index contributed by atoms with van der Waals surface area (Å²) in [6, 6.07) is 9.06. The molecule has 314 valence electrons. The van der Waals surface area contributed by atoms with E-state index in [9.17, 15) is 30.7 Å². The Labute approximate surface area is 337 Å². The first-order valence-corrected chi connectivity index (χ1v) is 22.0. The van der Waals surface area contributed by atoms with Crippen molar-refractivity contribution < 1.29 is 59.4 Å². The Morgan fingerprint density at radius 3 is 2.09 bits per heavy atom. The summed E-state index contributed by atoms with van der Waals surface area (Å²) in [5.41, 5.74) is 3.55. The minimum absolute atomic E-state index is 0.0704. The van der Waals surface area contributed by atoms with Gasteiger partial charge in [-0.1, -0.05) is 32.1 Å². The summed E-state index contributed by atoms with van der Waals surface area (Å²) in [4.78, 5) is 12.7. The van der Waals surface area contributed by atoms with Crippen molar-refractivity contribution in [3.05, 3.63) is 83.6 Å². The third-order valence-corrected chi connectivity index (χ3v) is 12.1. The minimum Gasteiger partial charge on any atom is -0.744 e. The molecule has 2 aromatic rings. The second-order valence-corrected chi connectivity index (χ2v) is 17.4. The Hall–Kier alpha value is -3.74. The third-order valence-electron chi connectivity index (χ3n) is 10.4. The van der Waals surface area contributed by atoms with Crippen molar-refractivity contribution in [2.75, 3.05) is 71.3 Å². The second-order valence-electron chi connectivity index (χ2n) is 14.6. The molecule has 0 bridgehead atoms. The number of carboxylic acid groups (broad SMARTS) is 1. The zero-order valence-electron chi connectivity index (χ0n) is 33.4. The molecule has 57 heavy (non-hydrogen) atoms. The van der Waals surface area contributed by atoms with Crippen LogP contribution in [0.1, 0.15) is 70.9 Å². The standard InChI is InChI=1S/C41H56N2O12S2/c1-6-42-35-18-16-31(56(46,47)48)29-33(35)40(2,3)37(42)13-9-7-10-14-38-41(4,20-22-53-25-26-55-28-27-54-24-23-52-5)34-30-32(57(49,50)51)17-19-36(34)43(38)21-12-8-11-15-39(44)45/h7,9-10,13-14,16-19,29-30H,6,8,11-12,15,20-28H2,1-5H3,(H2-,44,45,46,47,48,49,50,51). The van der Waals surface area contributed by atoms with Crippen LogP contribution in [0.2, 0.25) is 0 Å². The number of anilines is 1. The number of nitrogens with zero attached hydrogens (tertiary/aromatic N) is 2. The summed E-state index contributed by atoms with van der Waals surface area (Å²) in [6.07, 6.45) is 12.0. The number of benzene rings is 2. The van der Waals surface area contributed by atoms with E-state index < -0.39 is 37.0 Å². The Morgan fingerprint density at radius 2 is 1.47 bits per heavy atom.